The second kappa shape index (κ2) is 8.66. The van der Waals surface area contributed by atoms with Crippen LogP contribution < -0.4 is 10.2 Å². The summed E-state index contributed by atoms with van der Waals surface area (Å²) >= 11 is 12.1. The number of carbonyl (C=O) groups excluding carboxylic acids is 1. The normalized spacial score (nSPS) is 18.0. The Morgan fingerprint density at radius 1 is 1.23 bits per heavy atom. The third-order valence-electron chi connectivity index (χ3n) is 4.78. The summed E-state index contributed by atoms with van der Waals surface area (Å²) in [5.74, 6) is 0.424. The van der Waals surface area contributed by atoms with Gasteiger partial charge in [-0.15, -0.1) is 5.10 Å². The monoisotopic (exact) mass is 463 g/mol. The van der Waals surface area contributed by atoms with Crippen molar-refractivity contribution >= 4 is 41.1 Å². The quantitative estimate of drug-likeness (QED) is 0.534. The van der Waals surface area contributed by atoms with E-state index >= 15 is 0 Å². The maximum atomic E-state index is 12.2. The van der Waals surface area contributed by atoms with E-state index in [4.69, 9.17) is 27.9 Å². The number of carbonyl (C=O) groups is 1. The highest BCUT2D eigenvalue weighted by Gasteiger charge is 2.38. The van der Waals surface area contributed by atoms with Gasteiger partial charge in [0.15, 0.2) is 0 Å². The molecule has 1 amide bonds. The van der Waals surface area contributed by atoms with Gasteiger partial charge >= 0.3 is 6.09 Å². The maximum Gasteiger partial charge on any atom is 0.416 e. The highest BCUT2D eigenvalue weighted by Crippen LogP contribution is 2.27. The van der Waals surface area contributed by atoms with Crippen LogP contribution in [0.5, 0.6) is 0 Å². The third kappa shape index (κ3) is 4.55. The minimum atomic E-state index is -0.807. The van der Waals surface area contributed by atoms with Gasteiger partial charge in [-0.25, -0.2) is 14.5 Å². The van der Waals surface area contributed by atoms with E-state index in [-0.39, 0.29) is 29.6 Å². The third-order valence-corrected chi connectivity index (χ3v) is 5.23. The number of aliphatic hydroxyl groups excluding tert-OH is 1. The molecule has 0 aliphatic carbocycles. The molecule has 10 nitrogen and oxygen atoms in total. The first-order valence-electron chi connectivity index (χ1n) is 9.45. The number of anilines is 2. The molecule has 0 saturated carbocycles. The predicted molar refractivity (Wildman–Crippen MR) is 115 cm³/mol. The zero-order valence-electron chi connectivity index (χ0n) is 16.6. The number of cyclic esters (lactones) is 1. The van der Waals surface area contributed by atoms with Gasteiger partial charge in [-0.3, -0.25) is 4.90 Å². The van der Waals surface area contributed by atoms with Crippen LogP contribution in [0.15, 0.2) is 36.5 Å². The summed E-state index contributed by atoms with van der Waals surface area (Å²) in [7, 11) is 0. The molecule has 1 aliphatic heterocycles. The van der Waals surface area contributed by atoms with E-state index in [2.05, 4.69) is 25.6 Å². The lowest BCUT2D eigenvalue weighted by atomic mass is 10.2. The lowest BCUT2D eigenvalue weighted by molar-refractivity contribution is 0.142. The Bertz CT molecular complexity index is 1090. The fourth-order valence-corrected chi connectivity index (χ4v) is 3.41. The molecule has 162 valence electrons. The minimum Gasteiger partial charge on any atom is -0.447 e. The number of aromatic nitrogens is 5. The smallest absolute Gasteiger partial charge is 0.416 e. The molecule has 3 atom stereocenters. The van der Waals surface area contributed by atoms with Crippen LogP contribution in [0.4, 0.5) is 16.6 Å². The van der Waals surface area contributed by atoms with Gasteiger partial charge in [0.25, 0.3) is 0 Å². The van der Waals surface area contributed by atoms with Crippen molar-refractivity contribution in [2.45, 2.75) is 32.0 Å². The van der Waals surface area contributed by atoms with E-state index in [1.807, 2.05) is 19.1 Å². The molecule has 31 heavy (non-hydrogen) atoms. The standard InChI is InChI=1S/C19H19Cl2N7O3/c1-10(14-8-27(26-25-14)13-5-3-12(20)4-6-13)22-18-23-16(21)7-17(24-18)28-15(11(2)29)9-31-19(28)30/h3-8,10-11,15,29H,9H2,1-2H3,(H,22,23,24)/t10-,11+,15+/m0/s1. The molecule has 1 fully saturated rings. The SMILES string of the molecule is C[C@H](Nc1nc(Cl)cc(N2C(=O)OC[C@@H]2[C@@H](C)O)n1)c1cn(-c2ccc(Cl)cc2)nn1. The number of nitrogens with one attached hydrogen (secondary N) is 1. The summed E-state index contributed by atoms with van der Waals surface area (Å²) in [6.07, 6.45) is 0.359. The lowest BCUT2D eigenvalue weighted by Gasteiger charge is -2.23. The van der Waals surface area contributed by atoms with Gasteiger partial charge in [0.05, 0.1) is 24.0 Å². The van der Waals surface area contributed by atoms with Crippen LogP contribution in [0.25, 0.3) is 5.69 Å². The Kier molecular flexibility index (Phi) is 5.94. The van der Waals surface area contributed by atoms with Crippen LogP contribution in [0, 0.1) is 0 Å². The molecule has 12 heteroatoms. The molecule has 3 aromatic rings. The largest absolute Gasteiger partial charge is 0.447 e. The van der Waals surface area contributed by atoms with Gasteiger partial charge in [0.1, 0.15) is 29.3 Å². The Morgan fingerprint density at radius 2 is 1.97 bits per heavy atom. The highest BCUT2D eigenvalue weighted by molar-refractivity contribution is 6.30. The number of amides is 1. The Balaban J connectivity index is 1.54. The van der Waals surface area contributed by atoms with E-state index in [9.17, 15) is 9.90 Å². The molecule has 2 aromatic heterocycles. The summed E-state index contributed by atoms with van der Waals surface area (Å²) in [5.41, 5.74) is 1.45. The van der Waals surface area contributed by atoms with Crippen molar-refractivity contribution in [1.29, 1.82) is 0 Å². The summed E-state index contributed by atoms with van der Waals surface area (Å²) < 4.78 is 6.68. The van der Waals surface area contributed by atoms with Crippen molar-refractivity contribution in [3.8, 4) is 5.69 Å². The number of nitrogens with zero attached hydrogens (tertiary/aromatic N) is 6. The minimum absolute atomic E-state index is 0.0606. The van der Waals surface area contributed by atoms with Crippen LogP contribution in [0.3, 0.4) is 0 Å². The Labute approximate surface area is 187 Å². The Morgan fingerprint density at radius 3 is 2.68 bits per heavy atom. The number of aliphatic hydroxyl groups is 1. The first kappa shape index (κ1) is 21.3. The van der Waals surface area contributed by atoms with Crippen LogP contribution in [0.2, 0.25) is 10.2 Å². The summed E-state index contributed by atoms with van der Waals surface area (Å²) in [4.78, 5) is 22.0. The molecule has 1 saturated heterocycles. The topological polar surface area (TPSA) is 118 Å². The van der Waals surface area contributed by atoms with Crippen molar-refractivity contribution in [3.63, 3.8) is 0 Å². The van der Waals surface area contributed by atoms with Gasteiger partial charge in [0, 0.05) is 11.1 Å². The number of hydrogen-bond acceptors (Lipinski definition) is 8. The van der Waals surface area contributed by atoms with E-state index in [1.54, 1.807) is 29.9 Å². The van der Waals surface area contributed by atoms with Crippen LogP contribution in [-0.2, 0) is 4.74 Å². The van der Waals surface area contributed by atoms with E-state index in [1.165, 1.54) is 11.0 Å². The van der Waals surface area contributed by atoms with Gasteiger partial charge in [0.2, 0.25) is 5.95 Å². The zero-order chi connectivity index (χ0) is 22.1. The van der Waals surface area contributed by atoms with Crippen molar-refractivity contribution in [1.82, 2.24) is 25.0 Å². The lowest BCUT2D eigenvalue weighted by Crippen LogP contribution is -2.41. The van der Waals surface area contributed by atoms with Crippen LogP contribution in [0.1, 0.15) is 25.6 Å². The van der Waals surface area contributed by atoms with Crippen LogP contribution in [-0.4, -0.2) is 54.9 Å². The summed E-state index contributed by atoms with van der Waals surface area (Å²) in [5, 5.41) is 22.2. The molecule has 1 aliphatic rings. The number of halogens is 2. The molecule has 4 rings (SSSR count). The first-order chi connectivity index (χ1) is 14.8. The van der Waals surface area contributed by atoms with Gasteiger partial charge < -0.3 is 15.2 Å². The molecule has 0 radical (unpaired) electrons. The second-order valence-corrected chi connectivity index (χ2v) is 7.88. The van der Waals surface area contributed by atoms with Gasteiger partial charge in [-0.05, 0) is 38.1 Å². The molecular formula is C19H19Cl2N7O3. The molecule has 0 unspecified atom stereocenters. The van der Waals surface area contributed by atoms with Crippen molar-refractivity contribution in [2.75, 3.05) is 16.8 Å². The summed E-state index contributed by atoms with van der Waals surface area (Å²) in [6.45, 7) is 3.50. The number of benzene rings is 1. The maximum absolute atomic E-state index is 12.2. The molecular weight excluding hydrogens is 445 g/mol. The molecule has 0 spiro atoms. The second-order valence-electron chi connectivity index (χ2n) is 7.06. The molecule has 2 N–H and O–H groups in total. The predicted octanol–water partition coefficient (Wildman–Crippen LogP) is 3.24. The van der Waals surface area contributed by atoms with Crippen molar-refractivity contribution in [3.05, 3.63) is 52.4 Å². The van der Waals surface area contributed by atoms with E-state index in [0.29, 0.717) is 10.7 Å². The number of hydrogen-bond donors (Lipinski definition) is 2. The molecule has 1 aromatic carbocycles. The number of rotatable bonds is 6. The first-order valence-corrected chi connectivity index (χ1v) is 10.2. The Hall–Kier alpha value is -2.95. The average Bonchev–Trinajstić information content (AvgIpc) is 3.35. The fourth-order valence-electron chi connectivity index (χ4n) is 3.11. The summed E-state index contributed by atoms with van der Waals surface area (Å²) in [6, 6.07) is 7.76. The average molecular weight is 464 g/mol. The molecule has 3 heterocycles. The van der Waals surface area contributed by atoms with E-state index < -0.39 is 18.2 Å². The van der Waals surface area contributed by atoms with Crippen molar-refractivity contribution in [2.24, 2.45) is 0 Å². The fraction of sp³-hybridized carbons (Fsp3) is 0.316. The highest BCUT2D eigenvalue weighted by atomic mass is 35.5. The van der Waals surface area contributed by atoms with Gasteiger partial charge in [-0.1, -0.05) is 28.4 Å². The molecule has 0 bridgehead atoms. The number of ether oxygens (including phenoxy) is 1. The van der Waals surface area contributed by atoms with Gasteiger partial charge in [-0.2, -0.15) is 4.98 Å². The van der Waals surface area contributed by atoms with E-state index in [0.717, 1.165) is 5.69 Å². The van der Waals surface area contributed by atoms with Crippen molar-refractivity contribution < 1.29 is 14.6 Å². The zero-order valence-corrected chi connectivity index (χ0v) is 18.1. The van der Waals surface area contributed by atoms with Crippen LogP contribution >= 0.6 is 23.2 Å².